The first-order chi connectivity index (χ1) is 12.5. The minimum atomic E-state index is -0.967. The number of carbonyl (C=O) groups excluding carboxylic acids is 3. The molecule has 138 valence electrons. The molecule has 0 radical (unpaired) electrons. The number of furan rings is 1. The first-order valence-corrected chi connectivity index (χ1v) is 8.30. The smallest absolute Gasteiger partial charge is 0.307 e. The number of hydrogen-bond donors (Lipinski definition) is 2. The summed E-state index contributed by atoms with van der Waals surface area (Å²) in [5.74, 6) is -3.67. The molecular weight excluding hydrogens is 370 g/mol. The summed E-state index contributed by atoms with van der Waals surface area (Å²) in [7, 11) is 0. The van der Waals surface area contributed by atoms with E-state index >= 15 is 0 Å². The predicted molar refractivity (Wildman–Crippen MR) is 87.0 cm³/mol. The van der Waals surface area contributed by atoms with Crippen molar-refractivity contribution in [2.24, 2.45) is 0 Å². The Bertz CT molecular complexity index is 783. The van der Waals surface area contributed by atoms with Crippen LogP contribution < -0.4 is 10.9 Å². The van der Waals surface area contributed by atoms with E-state index in [2.05, 4.69) is 10.9 Å². The van der Waals surface area contributed by atoms with Crippen LogP contribution in [0.15, 0.2) is 45.9 Å². The van der Waals surface area contributed by atoms with Crippen LogP contribution in [0.4, 0.5) is 8.78 Å². The van der Waals surface area contributed by atoms with Crippen molar-refractivity contribution in [3.05, 3.63) is 54.0 Å². The second-order valence-corrected chi connectivity index (χ2v) is 5.98. The molecule has 2 rings (SSSR count). The van der Waals surface area contributed by atoms with E-state index in [1.807, 2.05) is 0 Å². The van der Waals surface area contributed by atoms with E-state index in [-0.39, 0.29) is 17.9 Å². The maximum Gasteiger partial charge on any atom is 0.307 e. The number of amides is 2. The van der Waals surface area contributed by atoms with E-state index in [1.165, 1.54) is 24.5 Å². The second kappa shape index (κ2) is 9.56. The van der Waals surface area contributed by atoms with Gasteiger partial charge in [0, 0.05) is 10.6 Å². The van der Waals surface area contributed by atoms with E-state index in [1.54, 1.807) is 0 Å². The molecule has 2 amide bonds. The summed E-state index contributed by atoms with van der Waals surface area (Å²) in [6, 6.07) is 6.34. The van der Waals surface area contributed by atoms with Crippen LogP contribution in [0.1, 0.15) is 17.0 Å². The van der Waals surface area contributed by atoms with Crippen LogP contribution in [0, 0.1) is 11.6 Å². The fraction of sp³-hybridized carbons (Fsp3) is 0.188. The summed E-state index contributed by atoms with van der Waals surface area (Å²) in [5, 5.41) is 0. The third-order valence-corrected chi connectivity index (χ3v) is 3.89. The number of esters is 1. The van der Waals surface area contributed by atoms with Gasteiger partial charge in [-0.05, 0) is 30.3 Å². The highest BCUT2D eigenvalue weighted by atomic mass is 32.2. The zero-order valence-electron chi connectivity index (χ0n) is 13.3. The SMILES string of the molecule is O=C(COC(=O)CCSc1ccc(F)c(F)c1)NNC(=O)c1ccco1. The number of nitrogens with one attached hydrogen (secondary N) is 2. The van der Waals surface area contributed by atoms with Crippen molar-refractivity contribution in [3.8, 4) is 0 Å². The highest BCUT2D eigenvalue weighted by Gasteiger charge is 2.11. The van der Waals surface area contributed by atoms with Gasteiger partial charge in [-0.25, -0.2) is 8.78 Å². The van der Waals surface area contributed by atoms with Crippen LogP contribution in [0.3, 0.4) is 0 Å². The molecule has 1 aromatic carbocycles. The lowest BCUT2D eigenvalue weighted by molar-refractivity contribution is -0.148. The molecule has 0 aliphatic carbocycles. The topological polar surface area (TPSA) is 97.6 Å². The van der Waals surface area contributed by atoms with E-state index in [0.717, 1.165) is 23.9 Å². The Balaban J connectivity index is 1.61. The molecule has 0 saturated carbocycles. The molecule has 26 heavy (non-hydrogen) atoms. The number of benzene rings is 1. The number of hydrogen-bond acceptors (Lipinski definition) is 6. The fourth-order valence-corrected chi connectivity index (χ4v) is 2.52. The first kappa shape index (κ1) is 19.4. The van der Waals surface area contributed by atoms with Gasteiger partial charge in [0.05, 0.1) is 12.7 Å². The van der Waals surface area contributed by atoms with Crippen LogP contribution in [-0.2, 0) is 14.3 Å². The van der Waals surface area contributed by atoms with E-state index in [0.29, 0.717) is 4.90 Å². The van der Waals surface area contributed by atoms with Crippen molar-refractivity contribution in [3.63, 3.8) is 0 Å². The van der Waals surface area contributed by atoms with Gasteiger partial charge in [-0.3, -0.25) is 25.2 Å². The molecule has 2 N–H and O–H groups in total. The molecule has 0 fully saturated rings. The van der Waals surface area contributed by atoms with E-state index < -0.39 is 36.0 Å². The lowest BCUT2D eigenvalue weighted by atomic mass is 10.3. The van der Waals surface area contributed by atoms with Crippen molar-refractivity contribution < 1.29 is 32.3 Å². The molecule has 10 heteroatoms. The maximum absolute atomic E-state index is 13.0. The number of rotatable bonds is 7. The predicted octanol–water partition coefficient (Wildman–Crippen LogP) is 2.04. The molecular formula is C16H14F2N2O5S. The Labute approximate surface area is 151 Å². The molecule has 0 unspecified atom stereocenters. The maximum atomic E-state index is 13.0. The van der Waals surface area contributed by atoms with Gasteiger partial charge in [-0.1, -0.05) is 0 Å². The van der Waals surface area contributed by atoms with Gasteiger partial charge < -0.3 is 9.15 Å². The van der Waals surface area contributed by atoms with Crippen LogP contribution in [0.2, 0.25) is 0 Å². The van der Waals surface area contributed by atoms with Crippen LogP contribution in [0.25, 0.3) is 0 Å². The highest BCUT2D eigenvalue weighted by molar-refractivity contribution is 7.99. The lowest BCUT2D eigenvalue weighted by Crippen LogP contribution is -2.43. The Morgan fingerprint density at radius 2 is 1.92 bits per heavy atom. The third kappa shape index (κ3) is 6.20. The summed E-state index contributed by atoms with van der Waals surface area (Å²) in [5.41, 5.74) is 4.15. The zero-order valence-corrected chi connectivity index (χ0v) is 14.1. The van der Waals surface area contributed by atoms with Gasteiger partial charge in [-0.15, -0.1) is 11.8 Å². The highest BCUT2D eigenvalue weighted by Crippen LogP contribution is 2.21. The number of thioether (sulfide) groups is 1. The molecule has 0 bridgehead atoms. The summed E-state index contributed by atoms with van der Waals surface area (Å²) in [4.78, 5) is 35.0. The Morgan fingerprint density at radius 3 is 2.62 bits per heavy atom. The number of ether oxygens (including phenoxy) is 1. The number of hydrazine groups is 1. The van der Waals surface area contributed by atoms with E-state index in [9.17, 15) is 23.2 Å². The van der Waals surface area contributed by atoms with Crippen molar-refractivity contribution in [1.82, 2.24) is 10.9 Å². The van der Waals surface area contributed by atoms with Crippen molar-refractivity contribution >= 4 is 29.5 Å². The van der Waals surface area contributed by atoms with Gasteiger partial charge in [-0.2, -0.15) is 0 Å². The molecule has 7 nitrogen and oxygen atoms in total. The third-order valence-electron chi connectivity index (χ3n) is 2.89. The first-order valence-electron chi connectivity index (χ1n) is 7.32. The largest absolute Gasteiger partial charge is 0.459 e. The molecule has 0 spiro atoms. The monoisotopic (exact) mass is 384 g/mol. The van der Waals surface area contributed by atoms with Gasteiger partial charge >= 0.3 is 11.9 Å². The van der Waals surface area contributed by atoms with E-state index in [4.69, 9.17) is 9.15 Å². The Morgan fingerprint density at radius 1 is 1.12 bits per heavy atom. The molecule has 0 atom stereocenters. The van der Waals surface area contributed by atoms with Gasteiger partial charge in [0.15, 0.2) is 24.0 Å². The van der Waals surface area contributed by atoms with Crippen LogP contribution >= 0.6 is 11.8 Å². The average Bonchev–Trinajstić information content (AvgIpc) is 3.15. The molecule has 1 heterocycles. The molecule has 0 saturated heterocycles. The lowest BCUT2D eigenvalue weighted by Gasteiger charge is -2.07. The quantitative estimate of drug-likeness (QED) is 0.431. The molecule has 2 aromatic rings. The summed E-state index contributed by atoms with van der Waals surface area (Å²) in [6.45, 7) is -0.576. The normalized spacial score (nSPS) is 10.2. The van der Waals surface area contributed by atoms with Crippen molar-refractivity contribution in [1.29, 1.82) is 0 Å². The summed E-state index contributed by atoms with van der Waals surface area (Å²) < 4.78 is 35.4. The van der Waals surface area contributed by atoms with Gasteiger partial charge in [0.1, 0.15) is 0 Å². The molecule has 1 aromatic heterocycles. The standard InChI is InChI=1S/C16H14F2N2O5S/c17-11-4-3-10(8-12(11)18)26-7-5-15(22)25-9-14(21)19-20-16(23)13-2-1-6-24-13/h1-4,6,8H,5,7,9H2,(H,19,21)(H,20,23). The minimum absolute atomic E-state index is 0.0107. The molecule has 0 aliphatic rings. The average molecular weight is 384 g/mol. The zero-order chi connectivity index (χ0) is 18.9. The van der Waals surface area contributed by atoms with Crippen LogP contribution in [0.5, 0.6) is 0 Å². The number of carbonyl (C=O) groups is 3. The fourth-order valence-electron chi connectivity index (χ4n) is 1.67. The second-order valence-electron chi connectivity index (χ2n) is 4.81. The van der Waals surface area contributed by atoms with Crippen molar-refractivity contribution in [2.45, 2.75) is 11.3 Å². The number of halogens is 2. The Hall–Kier alpha value is -2.88. The minimum Gasteiger partial charge on any atom is -0.459 e. The summed E-state index contributed by atoms with van der Waals surface area (Å²) >= 11 is 1.14. The van der Waals surface area contributed by atoms with Crippen molar-refractivity contribution in [2.75, 3.05) is 12.4 Å². The Kier molecular flexibility index (Phi) is 7.15. The summed E-state index contributed by atoms with van der Waals surface area (Å²) in [6.07, 6.45) is 1.27. The molecule has 0 aliphatic heterocycles. The van der Waals surface area contributed by atoms with Crippen LogP contribution in [-0.4, -0.2) is 30.1 Å². The van der Waals surface area contributed by atoms with Gasteiger partial charge in [0.25, 0.3) is 5.91 Å². The van der Waals surface area contributed by atoms with Gasteiger partial charge in [0.2, 0.25) is 0 Å².